The third kappa shape index (κ3) is 2.86. The van der Waals surface area contributed by atoms with Crippen LogP contribution in [0.1, 0.15) is 12.8 Å². The fourth-order valence-electron chi connectivity index (χ4n) is 1.38. The molecular formula is C7H12N3O2P. The van der Waals surface area contributed by atoms with Gasteiger partial charge in [0.05, 0.1) is 8.52 Å². The lowest BCUT2D eigenvalue weighted by atomic mass is 10.00. The maximum Gasteiger partial charge on any atom is 0.223 e. The van der Waals surface area contributed by atoms with E-state index in [9.17, 15) is 9.59 Å². The van der Waals surface area contributed by atoms with Crippen molar-refractivity contribution in [1.29, 1.82) is 0 Å². The number of nitrogens with zero attached hydrogens (tertiary/aromatic N) is 1. The zero-order valence-corrected chi connectivity index (χ0v) is 8.04. The van der Waals surface area contributed by atoms with Crippen molar-refractivity contribution < 1.29 is 9.59 Å². The molecule has 0 spiro atoms. The van der Waals surface area contributed by atoms with Crippen LogP contribution in [-0.2, 0) is 9.59 Å². The molecule has 1 amide bonds. The largest absolute Gasteiger partial charge is 0.356 e. The van der Waals surface area contributed by atoms with E-state index >= 15 is 0 Å². The monoisotopic (exact) mass is 201 g/mol. The van der Waals surface area contributed by atoms with Gasteiger partial charge >= 0.3 is 0 Å². The lowest BCUT2D eigenvalue weighted by molar-refractivity contribution is -0.122. The normalized spacial score (nSPS) is 24.7. The highest BCUT2D eigenvalue weighted by atomic mass is 31.1. The van der Waals surface area contributed by atoms with Crippen molar-refractivity contribution >= 4 is 20.7 Å². The van der Waals surface area contributed by atoms with Crippen LogP contribution < -0.4 is 10.8 Å². The van der Waals surface area contributed by atoms with Gasteiger partial charge in [0.2, 0.25) is 5.91 Å². The van der Waals surface area contributed by atoms with Gasteiger partial charge in [0.1, 0.15) is 12.3 Å². The van der Waals surface area contributed by atoms with Crippen LogP contribution in [0.15, 0.2) is 4.74 Å². The van der Waals surface area contributed by atoms with Gasteiger partial charge in [-0.3, -0.25) is 10.3 Å². The first-order valence-electron chi connectivity index (χ1n) is 4.11. The average molecular weight is 201 g/mol. The summed E-state index contributed by atoms with van der Waals surface area (Å²) in [6.45, 7) is 0.704. The highest BCUT2D eigenvalue weighted by Crippen LogP contribution is 2.17. The molecule has 2 atom stereocenters. The quantitative estimate of drug-likeness (QED) is 0.499. The molecule has 0 aliphatic carbocycles. The number of rotatable bonds is 4. The SMILES string of the molecule is NP=NC(C=O)CC1CCNC1=O. The molecule has 13 heavy (non-hydrogen) atoms. The highest BCUT2D eigenvalue weighted by molar-refractivity contribution is 7.23. The summed E-state index contributed by atoms with van der Waals surface area (Å²) in [6, 6.07) is -0.430. The molecule has 0 radical (unpaired) electrons. The van der Waals surface area contributed by atoms with E-state index in [1.54, 1.807) is 0 Å². The second kappa shape index (κ2) is 5.04. The first-order valence-corrected chi connectivity index (χ1v) is 5.02. The van der Waals surface area contributed by atoms with Crippen LogP contribution in [0.25, 0.3) is 0 Å². The van der Waals surface area contributed by atoms with E-state index in [4.69, 9.17) is 5.50 Å². The van der Waals surface area contributed by atoms with Crippen LogP contribution in [0.4, 0.5) is 0 Å². The fraction of sp³-hybridized carbons (Fsp3) is 0.714. The van der Waals surface area contributed by atoms with Gasteiger partial charge in [0.15, 0.2) is 0 Å². The van der Waals surface area contributed by atoms with E-state index in [-0.39, 0.29) is 11.8 Å². The van der Waals surface area contributed by atoms with Crippen molar-refractivity contribution in [2.45, 2.75) is 18.9 Å². The second-order valence-corrected chi connectivity index (χ2v) is 3.41. The lowest BCUT2D eigenvalue weighted by Gasteiger charge is -2.07. The summed E-state index contributed by atoms with van der Waals surface area (Å²) in [5.41, 5.74) is 5.16. The summed E-state index contributed by atoms with van der Waals surface area (Å²) < 4.78 is 3.84. The van der Waals surface area contributed by atoms with E-state index in [1.807, 2.05) is 0 Å². The van der Waals surface area contributed by atoms with Crippen molar-refractivity contribution in [2.75, 3.05) is 6.54 Å². The molecule has 1 aliphatic rings. The van der Waals surface area contributed by atoms with Gasteiger partial charge in [-0.05, 0) is 12.8 Å². The molecule has 72 valence electrons. The number of nitrogens with two attached hydrogens (primary N) is 1. The Labute approximate surface area is 78.0 Å². The van der Waals surface area contributed by atoms with Crippen molar-refractivity contribution in [2.24, 2.45) is 16.2 Å². The number of amides is 1. The molecule has 5 nitrogen and oxygen atoms in total. The maximum absolute atomic E-state index is 11.1. The summed E-state index contributed by atoms with van der Waals surface area (Å²) in [5.74, 6) is -0.0450. The Balaban J connectivity index is 2.45. The van der Waals surface area contributed by atoms with E-state index in [0.29, 0.717) is 21.5 Å². The zero-order chi connectivity index (χ0) is 9.68. The summed E-state index contributed by atoms with van der Waals surface area (Å²) in [5, 5.41) is 2.71. The van der Waals surface area contributed by atoms with E-state index < -0.39 is 6.04 Å². The Hall–Kier alpha value is -0.800. The van der Waals surface area contributed by atoms with Gasteiger partial charge in [-0.1, -0.05) is 0 Å². The molecule has 0 saturated carbocycles. The standard InChI is InChI=1S/C7H12N3O2P/c8-13-10-6(4-11)3-5-1-2-9-7(5)12/h4-6H,1-3H2,(H2,8,10)(H,9,12). The molecule has 0 aromatic carbocycles. The van der Waals surface area contributed by atoms with E-state index in [1.165, 1.54) is 0 Å². The van der Waals surface area contributed by atoms with Crippen molar-refractivity contribution in [3.63, 3.8) is 0 Å². The molecular weight excluding hydrogens is 189 g/mol. The Bertz CT molecular complexity index is 232. The van der Waals surface area contributed by atoms with Crippen LogP contribution in [0.2, 0.25) is 0 Å². The minimum Gasteiger partial charge on any atom is -0.356 e. The zero-order valence-electron chi connectivity index (χ0n) is 7.14. The van der Waals surface area contributed by atoms with Crippen LogP contribution in [0, 0.1) is 5.92 Å². The van der Waals surface area contributed by atoms with E-state index in [0.717, 1.165) is 12.7 Å². The third-order valence-corrected chi connectivity index (χ3v) is 2.49. The van der Waals surface area contributed by atoms with Gasteiger partial charge < -0.3 is 10.1 Å². The van der Waals surface area contributed by atoms with Crippen molar-refractivity contribution in [1.82, 2.24) is 5.32 Å². The number of aldehydes is 1. The lowest BCUT2D eigenvalue weighted by Crippen LogP contribution is -2.22. The molecule has 0 aromatic heterocycles. The molecule has 3 N–H and O–H groups in total. The minimum atomic E-state index is -0.430. The summed E-state index contributed by atoms with van der Waals surface area (Å²) >= 11 is 0. The van der Waals surface area contributed by atoms with Gasteiger partial charge in [0.25, 0.3) is 0 Å². The molecule has 1 heterocycles. The van der Waals surface area contributed by atoms with Gasteiger partial charge in [-0.25, -0.2) is 4.74 Å². The predicted molar refractivity (Wildman–Crippen MR) is 49.1 cm³/mol. The number of carbonyl (C=O) groups is 2. The third-order valence-electron chi connectivity index (χ3n) is 2.06. The van der Waals surface area contributed by atoms with Crippen LogP contribution >= 0.6 is 8.52 Å². The molecule has 1 fully saturated rings. The second-order valence-electron chi connectivity index (χ2n) is 2.95. The highest BCUT2D eigenvalue weighted by Gasteiger charge is 2.26. The Morgan fingerprint density at radius 3 is 3.08 bits per heavy atom. The Kier molecular flexibility index (Phi) is 3.99. The topological polar surface area (TPSA) is 84.5 Å². The Morgan fingerprint density at radius 1 is 1.85 bits per heavy atom. The van der Waals surface area contributed by atoms with Gasteiger partial charge in [-0.15, -0.1) is 0 Å². The number of nitrogens with one attached hydrogen (secondary N) is 1. The van der Waals surface area contributed by atoms with Crippen LogP contribution in [-0.4, -0.2) is 24.8 Å². The average Bonchev–Trinajstić information content (AvgIpc) is 2.51. The summed E-state index contributed by atoms with van der Waals surface area (Å²) in [7, 11) is 0.351. The number of hydrogen-bond donors (Lipinski definition) is 2. The molecule has 1 aliphatic heterocycles. The first kappa shape index (κ1) is 10.3. The summed E-state index contributed by atoms with van der Waals surface area (Å²) in [6.07, 6.45) is 2.02. The Morgan fingerprint density at radius 2 is 2.62 bits per heavy atom. The predicted octanol–water partition coefficient (Wildman–Crippen LogP) is 0.0836. The fourth-order valence-corrected chi connectivity index (χ4v) is 1.70. The molecule has 0 aromatic rings. The summed E-state index contributed by atoms with van der Waals surface area (Å²) in [4.78, 5) is 21.6. The smallest absolute Gasteiger partial charge is 0.223 e. The molecule has 6 heteroatoms. The first-order chi connectivity index (χ1) is 6.27. The van der Waals surface area contributed by atoms with Crippen LogP contribution in [0.3, 0.4) is 0 Å². The molecule has 2 unspecified atom stereocenters. The van der Waals surface area contributed by atoms with Crippen LogP contribution in [0.5, 0.6) is 0 Å². The number of hydrogen-bond acceptors (Lipinski definition) is 3. The maximum atomic E-state index is 11.1. The van der Waals surface area contributed by atoms with Crippen molar-refractivity contribution in [3.05, 3.63) is 0 Å². The van der Waals surface area contributed by atoms with Gasteiger partial charge in [0, 0.05) is 12.5 Å². The molecule has 1 rings (SSSR count). The number of carbonyl (C=O) groups excluding carboxylic acids is 2. The molecule has 1 saturated heterocycles. The minimum absolute atomic E-state index is 0.0238. The van der Waals surface area contributed by atoms with E-state index in [2.05, 4.69) is 10.1 Å². The van der Waals surface area contributed by atoms with Crippen molar-refractivity contribution in [3.8, 4) is 0 Å². The molecule has 0 bridgehead atoms. The van der Waals surface area contributed by atoms with Gasteiger partial charge in [-0.2, -0.15) is 0 Å².